The van der Waals surface area contributed by atoms with E-state index in [9.17, 15) is 19.3 Å². The van der Waals surface area contributed by atoms with Gasteiger partial charge in [0.05, 0.1) is 4.92 Å². The van der Waals surface area contributed by atoms with Crippen molar-refractivity contribution in [2.45, 2.75) is 25.4 Å². The number of halogens is 1. The van der Waals surface area contributed by atoms with Gasteiger partial charge in [-0.1, -0.05) is 0 Å². The second-order valence-corrected chi connectivity index (χ2v) is 6.38. The fraction of sp³-hybridized carbons (Fsp3) is 0.389. The first kappa shape index (κ1) is 19.6. The third-order valence-electron chi connectivity index (χ3n) is 4.56. The van der Waals surface area contributed by atoms with Gasteiger partial charge in [-0.2, -0.15) is 4.98 Å². The molecule has 9 nitrogen and oxygen atoms in total. The predicted octanol–water partition coefficient (Wildman–Crippen LogP) is 2.92. The maximum atomic E-state index is 13.1. The summed E-state index contributed by atoms with van der Waals surface area (Å²) in [6, 6.07) is 4.99. The van der Waals surface area contributed by atoms with Crippen LogP contribution in [0.3, 0.4) is 0 Å². The molecule has 3 rings (SSSR count). The smallest absolute Gasteiger partial charge is 0.356 e. The lowest BCUT2D eigenvalue weighted by Crippen LogP contribution is -2.29. The zero-order chi connectivity index (χ0) is 19.9. The van der Waals surface area contributed by atoms with Gasteiger partial charge in [-0.15, -0.1) is 0 Å². The summed E-state index contributed by atoms with van der Waals surface area (Å²) in [6.07, 6.45) is 2.38. The van der Waals surface area contributed by atoms with Gasteiger partial charge in [-0.05, 0) is 62.5 Å². The van der Waals surface area contributed by atoms with E-state index in [0.717, 1.165) is 32.3 Å². The van der Waals surface area contributed by atoms with Crippen LogP contribution in [0.4, 0.5) is 10.1 Å². The minimum Gasteiger partial charge on any atom is -0.458 e. The number of piperidine rings is 1. The molecule has 0 radical (unpaired) electrons. The number of hydrogen-bond donors (Lipinski definition) is 1. The number of hydrogen-bond acceptors (Lipinski definition) is 8. The van der Waals surface area contributed by atoms with Crippen molar-refractivity contribution in [3.8, 4) is 11.6 Å². The number of nitrogens with zero attached hydrogens (tertiary/aromatic N) is 3. The molecule has 0 spiro atoms. The molecule has 1 atom stereocenters. The van der Waals surface area contributed by atoms with Crippen LogP contribution in [0.5, 0.6) is 11.6 Å². The third kappa shape index (κ3) is 4.77. The van der Waals surface area contributed by atoms with E-state index in [0.29, 0.717) is 6.42 Å². The van der Waals surface area contributed by atoms with Crippen molar-refractivity contribution in [2.75, 3.05) is 13.1 Å². The Balaban J connectivity index is 1.92. The quantitative estimate of drug-likeness (QED) is 0.415. The number of ether oxygens (including phenoxy) is 2. The van der Waals surface area contributed by atoms with Gasteiger partial charge < -0.3 is 14.8 Å². The summed E-state index contributed by atoms with van der Waals surface area (Å²) in [5, 5.41) is 15.0. The van der Waals surface area contributed by atoms with E-state index >= 15 is 0 Å². The zero-order valence-electron chi connectivity index (χ0n) is 14.9. The summed E-state index contributed by atoms with van der Waals surface area (Å²) in [6.45, 7) is 1.94. The molecule has 0 bridgehead atoms. The van der Waals surface area contributed by atoms with E-state index in [4.69, 9.17) is 9.47 Å². The number of benzene rings is 1. The molecule has 1 aromatic carbocycles. The van der Waals surface area contributed by atoms with Crippen LogP contribution in [-0.2, 0) is 9.53 Å². The number of nitrogens with one attached hydrogen (secondary N) is 1. The van der Waals surface area contributed by atoms with Crippen molar-refractivity contribution in [1.82, 2.24) is 15.3 Å². The minimum atomic E-state index is -0.889. The molecule has 0 aliphatic carbocycles. The van der Waals surface area contributed by atoms with Crippen molar-refractivity contribution in [3.63, 3.8) is 0 Å². The molecule has 0 saturated carbocycles. The molecule has 0 amide bonds. The Morgan fingerprint density at radius 1 is 1.29 bits per heavy atom. The fourth-order valence-electron chi connectivity index (χ4n) is 3.19. The summed E-state index contributed by atoms with van der Waals surface area (Å²) in [7, 11) is 0. The maximum Gasteiger partial charge on any atom is 0.356 e. The summed E-state index contributed by atoms with van der Waals surface area (Å²) in [5.41, 5.74) is -0.504. The molecule has 1 aliphatic rings. The normalized spacial score (nSPS) is 15.6. The molecule has 1 unspecified atom stereocenters. The van der Waals surface area contributed by atoms with Crippen molar-refractivity contribution >= 4 is 12.2 Å². The average Bonchev–Trinajstić information content (AvgIpc) is 2.70. The van der Waals surface area contributed by atoms with Crippen LogP contribution in [0.15, 0.2) is 30.6 Å². The Morgan fingerprint density at radius 2 is 2.00 bits per heavy atom. The molecule has 1 aromatic heterocycles. The van der Waals surface area contributed by atoms with E-state index in [2.05, 4.69) is 15.3 Å². The Labute approximate surface area is 160 Å². The molecular weight excluding hydrogens is 371 g/mol. The Hall–Kier alpha value is -3.14. The lowest BCUT2D eigenvalue weighted by atomic mass is 9.90. The van der Waals surface area contributed by atoms with Crippen LogP contribution < -0.4 is 10.1 Å². The molecule has 1 N–H and O–H groups in total. The molecule has 1 fully saturated rings. The molecular formula is C18H19FN4O5. The molecule has 1 aliphatic heterocycles. The van der Waals surface area contributed by atoms with Crippen LogP contribution in [-0.4, -0.2) is 34.5 Å². The molecule has 2 aromatic rings. The Kier molecular flexibility index (Phi) is 6.43. The number of aromatic nitrogens is 2. The SMILES string of the molecule is O=COC(CC1CCNCC1)c1ncnc(Oc2ccc(F)cc2)c1[N+](=O)[O-]. The van der Waals surface area contributed by atoms with E-state index in [1.165, 1.54) is 24.3 Å². The van der Waals surface area contributed by atoms with E-state index in [-0.39, 0.29) is 29.7 Å². The monoisotopic (exact) mass is 390 g/mol. The van der Waals surface area contributed by atoms with E-state index < -0.39 is 22.5 Å². The highest BCUT2D eigenvalue weighted by Gasteiger charge is 2.33. The van der Waals surface area contributed by atoms with Crippen LogP contribution in [0.1, 0.15) is 31.1 Å². The van der Waals surface area contributed by atoms with Crippen LogP contribution in [0, 0.1) is 21.8 Å². The highest BCUT2D eigenvalue weighted by atomic mass is 19.1. The van der Waals surface area contributed by atoms with Gasteiger partial charge in [0.25, 0.3) is 6.47 Å². The molecule has 2 heterocycles. The topological polar surface area (TPSA) is 116 Å². The Bertz CT molecular complexity index is 827. The van der Waals surface area contributed by atoms with Crippen LogP contribution >= 0.6 is 0 Å². The summed E-state index contributed by atoms with van der Waals surface area (Å²) in [4.78, 5) is 29.9. The maximum absolute atomic E-state index is 13.1. The molecule has 1 saturated heterocycles. The second-order valence-electron chi connectivity index (χ2n) is 6.38. The van der Waals surface area contributed by atoms with E-state index in [1.807, 2.05) is 0 Å². The summed E-state index contributed by atoms with van der Waals surface area (Å²) in [5.74, 6) is -0.347. The fourth-order valence-corrected chi connectivity index (χ4v) is 3.19. The predicted molar refractivity (Wildman–Crippen MR) is 95.3 cm³/mol. The highest BCUT2D eigenvalue weighted by Crippen LogP contribution is 2.38. The van der Waals surface area contributed by atoms with Gasteiger partial charge in [0, 0.05) is 0 Å². The first-order valence-corrected chi connectivity index (χ1v) is 8.81. The minimum absolute atomic E-state index is 0.0252. The molecule has 148 valence electrons. The first-order chi connectivity index (χ1) is 13.6. The Morgan fingerprint density at radius 3 is 2.64 bits per heavy atom. The summed E-state index contributed by atoms with van der Waals surface area (Å²) < 4.78 is 23.7. The lowest BCUT2D eigenvalue weighted by molar-refractivity contribution is -0.387. The lowest BCUT2D eigenvalue weighted by Gasteiger charge is -2.25. The van der Waals surface area contributed by atoms with Crippen LogP contribution in [0.2, 0.25) is 0 Å². The first-order valence-electron chi connectivity index (χ1n) is 8.81. The number of rotatable bonds is 8. The van der Waals surface area contributed by atoms with Crippen molar-refractivity contribution in [2.24, 2.45) is 5.92 Å². The summed E-state index contributed by atoms with van der Waals surface area (Å²) >= 11 is 0. The third-order valence-corrected chi connectivity index (χ3v) is 4.56. The zero-order valence-corrected chi connectivity index (χ0v) is 14.9. The number of nitro groups is 1. The average molecular weight is 390 g/mol. The van der Waals surface area contributed by atoms with Gasteiger partial charge >= 0.3 is 11.6 Å². The van der Waals surface area contributed by atoms with Crippen molar-refractivity contribution in [1.29, 1.82) is 0 Å². The van der Waals surface area contributed by atoms with Gasteiger partial charge in [0.15, 0.2) is 11.8 Å². The molecule has 10 heteroatoms. The van der Waals surface area contributed by atoms with Crippen molar-refractivity contribution in [3.05, 3.63) is 52.2 Å². The molecule has 28 heavy (non-hydrogen) atoms. The van der Waals surface area contributed by atoms with Gasteiger partial charge in [0.1, 0.15) is 17.9 Å². The highest BCUT2D eigenvalue weighted by molar-refractivity contribution is 5.49. The van der Waals surface area contributed by atoms with Crippen LogP contribution in [0.25, 0.3) is 0 Å². The van der Waals surface area contributed by atoms with E-state index in [1.54, 1.807) is 0 Å². The largest absolute Gasteiger partial charge is 0.458 e. The number of carbonyl (C=O) groups is 1. The number of carbonyl (C=O) groups excluding carboxylic acids is 1. The second kappa shape index (κ2) is 9.18. The standard InChI is InChI=1S/C18H19FN4O5/c19-13-1-3-14(4-2-13)28-18-17(23(25)26)16(21-10-22-18)15(27-11-24)9-12-5-7-20-8-6-12/h1-4,10-12,15,20H,5-9H2. The van der Waals surface area contributed by atoms with Crippen molar-refractivity contribution < 1.29 is 23.6 Å². The van der Waals surface area contributed by atoms with Gasteiger partial charge in [0.2, 0.25) is 0 Å². The van der Waals surface area contributed by atoms with Gasteiger partial charge in [-0.25, -0.2) is 9.37 Å². The van der Waals surface area contributed by atoms with Gasteiger partial charge in [-0.3, -0.25) is 14.9 Å².